The Kier molecular flexibility index (Phi) is 2.96. The van der Waals surface area contributed by atoms with E-state index in [-0.39, 0.29) is 0 Å². The maximum absolute atomic E-state index is 10.8. The van der Waals surface area contributed by atoms with E-state index in [9.17, 15) is 4.79 Å². The third-order valence-corrected chi connectivity index (χ3v) is 3.14. The number of rotatable bonds is 3. The van der Waals surface area contributed by atoms with Crippen LogP contribution in [-0.4, -0.2) is 21.3 Å². The van der Waals surface area contributed by atoms with Crippen LogP contribution in [0.3, 0.4) is 0 Å². The van der Waals surface area contributed by atoms with Gasteiger partial charge in [-0.2, -0.15) is 5.10 Å². The van der Waals surface area contributed by atoms with Gasteiger partial charge in [0.2, 0.25) is 0 Å². The quantitative estimate of drug-likeness (QED) is 0.909. The Bertz CT molecular complexity index is 536. The van der Waals surface area contributed by atoms with Crippen LogP contribution in [0.1, 0.15) is 12.5 Å². The largest absolute Gasteiger partial charge is 0.481 e. The minimum absolute atomic E-state index is 0.396. The number of halogens is 1. The summed E-state index contributed by atoms with van der Waals surface area (Å²) in [6.07, 6.45) is 0.505. The van der Waals surface area contributed by atoms with Crippen LogP contribution >= 0.6 is 15.9 Å². The van der Waals surface area contributed by atoms with Crippen molar-refractivity contribution in [3.05, 3.63) is 28.4 Å². The summed E-state index contributed by atoms with van der Waals surface area (Å²) in [6.45, 7) is 1.70. The summed E-state index contributed by atoms with van der Waals surface area (Å²) in [5, 5.41) is 16.8. The molecule has 1 unspecified atom stereocenters. The molecule has 5 heteroatoms. The van der Waals surface area contributed by atoms with Crippen LogP contribution in [0.4, 0.5) is 0 Å². The third kappa shape index (κ3) is 1.95. The molecule has 0 aliphatic heterocycles. The number of carboxylic acid groups (broad SMARTS) is 1. The molecular formula is C11H11BrN2O2. The standard InChI is InChI=1S/C11H11BrN2O2/c1-6(11(15)16)5-7-3-2-4-8-9(7)10(12)14-13-8/h2-4,6H,5H2,1H3,(H,13,14)(H,15,16). The SMILES string of the molecule is CC(Cc1cccc2n[nH]c(Br)c12)C(=O)O. The predicted molar refractivity (Wildman–Crippen MR) is 64.3 cm³/mol. The third-order valence-electron chi connectivity index (χ3n) is 2.57. The van der Waals surface area contributed by atoms with Crippen molar-refractivity contribution in [1.82, 2.24) is 10.2 Å². The number of hydrogen-bond donors (Lipinski definition) is 2. The first-order chi connectivity index (χ1) is 7.59. The normalized spacial score (nSPS) is 12.9. The number of H-pyrrole nitrogens is 1. The van der Waals surface area contributed by atoms with E-state index >= 15 is 0 Å². The summed E-state index contributed by atoms with van der Waals surface area (Å²) in [6, 6.07) is 5.72. The molecular weight excluding hydrogens is 272 g/mol. The molecule has 2 aromatic rings. The highest BCUT2D eigenvalue weighted by atomic mass is 79.9. The Morgan fingerprint density at radius 3 is 3.06 bits per heavy atom. The number of carbonyl (C=O) groups is 1. The van der Waals surface area contributed by atoms with Crippen LogP contribution in [0.15, 0.2) is 22.8 Å². The molecule has 0 spiro atoms. The van der Waals surface area contributed by atoms with E-state index in [1.54, 1.807) is 6.92 Å². The van der Waals surface area contributed by atoms with Gasteiger partial charge in [-0.25, -0.2) is 0 Å². The summed E-state index contributed by atoms with van der Waals surface area (Å²) < 4.78 is 0.802. The van der Waals surface area contributed by atoms with Crippen molar-refractivity contribution in [3.63, 3.8) is 0 Å². The summed E-state index contributed by atoms with van der Waals surface area (Å²) in [5.41, 5.74) is 1.84. The molecule has 0 saturated carbocycles. The zero-order chi connectivity index (χ0) is 11.7. The number of aliphatic carboxylic acids is 1. The molecule has 2 N–H and O–H groups in total. The van der Waals surface area contributed by atoms with Crippen LogP contribution in [0, 0.1) is 5.92 Å². The minimum Gasteiger partial charge on any atom is -0.481 e. The molecule has 84 valence electrons. The molecule has 1 aromatic heterocycles. The summed E-state index contributed by atoms with van der Waals surface area (Å²) >= 11 is 3.38. The average molecular weight is 283 g/mol. The van der Waals surface area contributed by atoms with E-state index in [1.165, 1.54) is 0 Å². The number of nitrogens with zero attached hydrogens (tertiary/aromatic N) is 1. The van der Waals surface area contributed by atoms with E-state index in [0.717, 1.165) is 21.1 Å². The van der Waals surface area contributed by atoms with Crippen molar-refractivity contribution in [1.29, 1.82) is 0 Å². The number of fused-ring (bicyclic) bond motifs is 1. The first-order valence-corrected chi connectivity index (χ1v) is 5.73. The second kappa shape index (κ2) is 4.25. The molecule has 1 atom stereocenters. The monoisotopic (exact) mass is 282 g/mol. The van der Waals surface area contributed by atoms with E-state index in [0.29, 0.717) is 6.42 Å². The number of nitrogens with one attached hydrogen (secondary N) is 1. The van der Waals surface area contributed by atoms with Gasteiger partial charge in [-0.15, -0.1) is 0 Å². The Labute approximate surface area is 101 Å². The topological polar surface area (TPSA) is 66.0 Å². The van der Waals surface area contributed by atoms with Gasteiger partial charge >= 0.3 is 5.97 Å². The van der Waals surface area contributed by atoms with Gasteiger partial charge in [0, 0.05) is 5.39 Å². The van der Waals surface area contributed by atoms with Gasteiger partial charge < -0.3 is 5.11 Å². The van der Waals surface area contributed by atoms with Gasteiger partial charge in [0.1, 0.15) is 4.60 Å². The molecule has 0 amide bonds. The van der Waals surface area contributed by atoms with Gasteiger partial charge in [-0.3, -0.25) is 9.89 Å². The number of carboxylic acids is 1. The Hall–Kier alpha value is -1.36. The Morgan fingerprint density at radius 1 is 1.62 bits per heavy atom. The summed E-state index contributed by atoms with van der Waals surface area (Å²) in [7, 11) is 0. The zero-order valence-electron chi connectivity index (χ0n) is 8.70. The van der Waals surface area contributed by atoms with Crippen LogP contribution in [-0.2, 0) is 11.2 Å². The van der Waals surface area contributed by atoms with Gasteiger partial charge in [0.05, 0.1) is 11.4 Å². The molecule has 0 aliphatic rings. The predicted octanol–water partition coefficient (Wildman–Crippen LogP) is 2.59. The second-order valence-electron chi connectivity index (χ2n) is 3.79. The maximum atomic E-state index is 10.8. The van der Waals surface area contributed by atoms with Crippen molar-refractivity contribution < 1.29 is 9.90 Å². The lowest BCUT2D eigenvalue weighted by molar-refractivity contribution is -0.141. The molecule has 2 rings (SSSR count). The molecule has 0 aliphatic carbocycles. The minimum atomic E-state index is -0.781. The lowest BCUT2D eigenvalue weighted by atomic mass is 9.99. The number of aromatic amines is 1. The average Bonchev–Trinajstić information content (AvgIpc) is 2.61. The van der Waals surface area contributed by atoms with Crippen molar-refractivity contribution in [2.75, 3.05) is 0 Å². The molecule has 0 bridgehead atoms. The highest BCUT2D eigenvalue weighted by Gasteiger charge is 2.15. The van der Waals surface area contributed by atoms with Crippen molar-refractivity contribution >= 4 is 32.8 Å². The first-order valence-electron chi connectivity index (χ1n) is 4.94. The summed E-state index contributed by atoms with van der Waals surface area (Å²) in [4.78, 5) is 10.8. The highest BCUT2D eigenvalue weighted by Crippen LogP contribution is 2.26. The van der Waals surface area contributed by atoms with E-state index < -0.39 is 11.9 Å². The smallest absolute Gasteiger partial charge is 0.306 e. The molecule has 0 saturated heterocycles. The molecule has 0 radical (unpaired) electrons. The van der Waals surface area contributed by atoms with E-state index in [4.69, 9.17) is 5.11 Å². The van der Waals surface area contributed by atoms with Gasteiger partial charge in [0.15, 0.2) is 0 Å². The Morgan fingerprint density at radius 2 is 2.38 bits per heavy atom. The number of aromatic nitrogens is 2. The number of benzene rings is 1. The van der Waals surface area contributed by atoms with E-state index in [2.05, 4.69) is 26.1 Å². The van der Waals surface area contributed by atoms with Crippen LogP contribution in [0.25, 0.3) is 10.9 Å². The Balaban J connectivity index is 2.44. The molecule has 1 aromatic carbocycles. The van der Waals surface area contributed by atoms with Crippen molar-refractivity contribution in [2.24, 2.45) is 5.92 Å². The molecule has 1 heterocycles. The maximum Gasteiger partial charge on any atom is 0.306 e. The fourth-order valence-electron chi connectivity index (χ4n) is 1.69. The molecule has 16 heavy (non-hydrogen) atoms. The van der Waals surface area contributed by atoms with Gasteiger partial charge in [-0.05, 0) is 34.0 Å². The number of hydrogen-bond acceptors (Lipinski definition) is 2. The van der Waals surface area contributed by atoms with Crippen LogP contribution in [0.5, 0.6) is 0 Å². The van der Waals surface area contributed by atoms with Gasteiger partial charge in [-0.1, -0.05) is 19.1 Å². The molecule has 0 fully saturated rings. The fraction of sp³-hybridized carbons (Fsp3) is 0.273. The summed E-state index contributed by atoms with van der Waals surface area (Å²) in [5.74, 6) is -1.18. The van der Waals surface area contributed by atoms with Gasteiger partial charge in [0.25, 0.3) is 0 Å². The lowest BCUT2D eigenvalue weighted by Crippen LogP contribution is -2.12. The lowest BCUT2D eigenvalue weighted by Gasteiger charge is -2.07. The first kappa shape index (κ1) is 11.1. The zero-order valence-corrected chi connectivity index (χ0v) is 10.3. The second-order valence-corrected chi connectivity index (χ2v) is 4.59. The van der Waals surface area contributed by atoms with Crippen LogP contribution < -0.4 is 0 Å². The highest BCUT2D eigenvalue weighted by molar-refractivity contribution is 9.10. The van der Waals surface area contributed by atoms with E-state index in [1.807, 2.05) is 18.2 Å². The van der Waals surface area contributed by atoms with Crippen molar-refractivity contribution in [3.8, 4) is 0 Å². The van der Waals surface area contributed by atoms with Crippen molar-refractivity contribution in [2.45, 2.75) is 13.3 Å². The fourth-order valence-corrected chi connectivity index (χ4v) is 2.23. The van der Waals surface area contributed by atoms with Crippen LogP contribution in [0.2, 0.25) is 0 Å². The molecule has 4 nitrogen and oxygen atoms in total.